The Morgan fingerprint density at radius 3 is 2.48 bits per heavy atom. The Hall–Kier alpha value is -0.470. The van der Waals surface area contributed by atoms with E-state index in [-0.39, 0.29) is 35.5 Å². The largest absolute Gasteiger partial charge is 0.379 e. The molecule has 1 aromatic rings. The number of hydrogen-bond acceptors (Lipinski definition) is 2. The zero-order chi connectivity index (χ0) is 16.9. The third-order valence-electron chi connectivity index (χ3n) is 3.74. The first-order valence-corrected chi connectivity index (χ1v) is 7.82. The SMILES string of the molecule is CN=C(NCC(OC)C(C)(C)C)N(C)Cc1cc(Cl)cn1C.I. The standard InChI is InChI=1S/C16H29ClN4O.HI/c1-16(2,3)14(22-7)9-19-15(18-4)21(6)11-13-8-12(17)10-20(13)5;/h8,10,14H,9,11H2,1-7H3,(H,18,19);1H. The van der Waals surface area contributed by atoms with Crippen LogP contribution in [0.4, 0.5) is 0 Å². The van der Waals surface area contributed by atoms with Crippen LogP contribution in [0.15, 0.2) is 17.3 Å². The number of aliphatic imine (C=N–C) groups is 1. The highest BCUT2D eigenvalue weighted by molar-refractivity contribution is 14.0. The first kappa shape index (κ1) is 22.5. The molecule has 0 aromatic carbocycles. The van der Waals surface area contributed by atoms with Crippen LogP contribution < -0.4 is 5.32 Å². The molecule has 0 aliphatic rings. The van der Waals surface area contributed by atoms with Gasteiger partial charge in [-0.05, 0) is 11.5 Å². The molecule has 7 heteroatoms. The highest BCUT2D eigenvalue weighted by Crippen LogP contribution is 2.21. The van der Waals surface area contributed by atoms with Crippen molar-refractivity contribution in [2.75, 3.05) is 27.7 Å². The van der Waals surface area contributed by atoms with Crippen molar-refractivity contribution in [3.05, 3.63) is 23.0 Å². The fraction of sp³-hybridized carbons (Fsp3) is 0.688. The van der Waals surface area contributed by atoms with Crippen LogP contribution in [-0.2, 0) is 18.3 Å². The molecule has 1 N–H and O–H groups in total. The van der Waals surface area contributed by atoms with Crippen LogP contribution in [0.2, 0.25) is 5.02 Å². The summed E-state index contributed by atoms with van der Waals surface area (Å²) in [5.41, 5.74) is 1.21. The lowest BCUT2D eigenvalue weighted by molar-refractivity contribution is 0.0202. The van der Waals surface area contributed by atoms with Gasteiger partial charge in [-0.2, -0.15) is 0 Å². The van der Waals surface area contributed by atoms with E-state index in [4.69, 9.17) is 16.3 Å². The molecule has 1 heterocycles. The summed E-state index contributed by atoms with van der Waals surface area (Å²) in [5, 5.41) is 4.13. The van der Waals surface area contributed by atoms with Gasteiger partial charge < -0.3 is 19.5 Å². The van der Waals surface area contributed by atoms with E-state index in [1.165, 1.54) is 0 Å². The van der Waals surface area contributed by atoms with E-state index in [2.05, 4.69) is 36.0 Å². The fourth-order valence-corrected chi connectivity index (χ4v) is 2.63. The number of hydrogen-bond donors (Lipinski definition) is 1. The molecule has 134 valence electrons. The minimum absolute atomic E-state index is 0. The summed E-state index contributed by atoms with van der Waals surface area (Å²) in [7, 11) is 7.53. The lowest BCUT2D eigenvalue weighted by Crippen LogP contribution is -2.45. The van der Waals surface area contributed by atoms with E-state index in [9.17, 15) is 0 Å². The minimum atomic E-state index is 0. The molecule has 1 aromatic heterocycles. The lowest BCUT2D eigenvalue weighted by atomic mass is 9.89. The van der Waals surface area contributed by atoms with E-state index in [0.717, 1.165) is 23.2 Å². The summed E-state index contributed by atoms with van der Waals surface area (Å²) in [6, 6.07) is 1.97. The molecular formula is C16H30ClIN4O. The van der Waals surface area contributed by atoms with Gasteiger partial charge in [-0.15, -0.1) is 24.0 Å². The van der Waals surface area contributed by atoms with Crippen molar-refractivity contribution in [1.82, 2.24) is 14.8 Å². The number of aryl methyl sites for hydroxylation is 1. The second kappa shape index (κ2) is 9.74. The Morgan fingerprint density at radius 1 is 1.48 bits per heavy atom. The molecule has 0 amide bonds. The second-order valence-corrected chi connectivity index (χ2v) is 7.07. The number of nitrogens with one attached hydrogen (secondary N) is 1. The van der Waals surface area contributed by atoms with E-state index in [1.807, 2.05) is 30.9 Å². The van der Waals surface area contributed by atoms with Gasteiger partial charge >= 0.3 is 0 Å². The molecule has 0 aliphatic carbocycles. The number of halogens is 2. The molecule has 0 saturated heterocycles. The molecule has 0 saturated carbocycles. The first-order valence-electron chi connectivity index (χ1n) is 7.44. The Morgan fingerprint density at radius 2 is 2.09 bits per heavy atom. The van der Waals surface area contributed by atoms with Crippen molar-refractivity contribution in [1.29, 1.82) is 0 Å². The zero-order valence-corrected chi connectivity index (χ0v) is 18.3. The molecule has 0 bridgehead atoms. The van der Waals surface area contributed by atoms with Gasteiger partial charge in [0.1, 0.15) is 0 Å². The Labute approximate surface area is 162 Å². The van der Waals surface area contributed by atoms with Gasteiger partial charge in [-0.3, -0.25) is 4.99 Å². The fourth-order valence-electron chi connectivity index (χ4n) is 2.35. The predicted molar refractivity (Wildman–Crippen MR) is 109 cm³/mol. The van der Waals surface area contributed by atoms with Crippen molar-refractivity contribution < 1.29 is 4.74 Å². The topological polar surface area (TPSA) is 41.8 Å². The summed E-state index contributed by atoms with van der Waals surface area (Å²) >= 11 is 6.03. The van der Waals surface area contributed by atoms with Gasteiger partial charge in [0.25, 0.3) is 0 Å². The summed E-state index contributed by atoms with van der Waals surface area (Å²) < 4.78 is 7.60. The van der Waals surface area contributed by atoms with Crippen LogP contribution in [0.3, 0.4) is 0 Å². The Bertz CT molecular complexity index is 511. The van der Waals surface area contributed by atoms with Crippen LogP contribution in [0, 0.1) is 5.41 Å². The molecule has 1 atom stereocenters. The van der Waals surface area contributed by atoms with E-state index < -0.39 is 0 Å². The van der Waals surface area contributed by atoms with Gasteiger partial charge in [-0.25, -0.2) is 0 Å². The van der Waals surface area contributed by atoms with Gasteiger partial charge in [0.15, 0.2) is 5.96 Å². The summed E-state index contributed by atoms with van der Waals surface area (Å²) in [5.74, 6) is 0.837. The summed E-state index contributed by atoms with van der Waals surface area (Å²) in [6.07, 6.45) is 2.02. The number of ether oxygens (including phenoxy) is 1. The lowest BCUT2D eigenvalue weighted by Gasteiger charge is -2.31. The minimum Gasteiger partial charge on any atom is -0.379 e. The monoisotopic (exact) mass is 456 g/mol. The highest BCUT2D eigenvalue weighted by atomic mass is 127. The quantitative estimate of drug-likeness (QED) is 0.420. The van der Waals surface area contributed by atoms with Gasteiger partial charge in [0.2, 0.25) is 0 Å². The molecule has 0 spiro atoms. The van der Waals surface area contributed by atoms with Gasteiger partial charge in [0.05, 0.1) is 17.7 Å². The van der Waals surface area contributed by atoms with E-state index >= 15 is 0 Å². The van der Waals surface area contributed by atoms with E-state index in [1.54, 1.807) is 14.2 Å². The average molecular weight is 457 g/mol. The van der Waals surface area contributed by atoms with Gasteiger partial charge in [-0.1, -0.05) is 32.4 Å². The number of methoxy groups -OCH3 is 1. The van der Waals surface area contributed by atoms with Crippen molar-refractivity contribution in [2.24, 2.45) is 17.5 Å². The average Bonchev–Trinajstić information content (AvgIpc) is 2.71. The zero-order valence-electron chi connectivity index (χ0n) is 15.2. The molecule has 0 fully saturated rings. The molecular weight excluding hydrogens is 427 g/mol. The number of nitrogens with zero attached hydrogens (tertiary/aromatic N) is 3. The molecule has 0 aliphatic heterocycles. The van der Waals surface area contributed by atoms with Crippen LogP contribution in [0.5, 0.6) is 0 Å². The Balaban J connectivity index is 0.00000484. The molecule has 5 nitrogen and oxygen atoms in total. The number of aromatic nitrogens is 1. The third-order valence-corrected chi connectivity index (χ3v) is 3.95. The molecule has 0 radical (unpaired) electrons. The van der Waals surface area contributed by atoms with Crippen LogP contribution in [0.25, 0.3) is 0 Å². The number of guanidine groups is 1. The normalized spacial score (nSPS) is 13.5. The maximum atomic E-state index is 6.03. The first-order chi connectivity index (χ1) is 10.2. The third kappa shape index (κ3) is 6.89. The predicted octanol–water partition coefficient (Wildman–Crippen LogP) is 3.36. The maximum Gasteiger partial charge on any atom is 0.193 e. The summed E-state index contributed by atoms with van der Waals surface area (Å²) in [6.45, 7) is 7.95. The summed E-state index contributed by atoms with van der Waals surface area (Å²) in [4.78, 5) is 6.41. The van der Waals surface area contributed by atoms with Crippen molar-refractivity contribution in [3.8, 4) is 0 Å². The number of rotatable bonds is 5. The van der Waals surface area contributed by atoms with Crippen LogP contribution in [0.1, 0.15) is 26.5 Å². The van der Waals surface area contributed by atoms with Crippen LogP contribution >= 0.6 is 35.6 Å². The molecule has 1 rings (SSSR count). The van der Waals surface area contributed by atoms with Crippen LogP contribution in [-0.4, -0.2) is 49.3 Å². The van der Waals surface area contributed by atoms with E-state index in [0.29, 0.717) is 6.54 Å². The van der Waals surface area contributed by atoms with Crippen molar-refractivity contribution in [2.45, 2.75) is 33.4 Å². The van der Waals surface area contributed by atoms with Crippen molar-refractivity contribution >= 4 is 41.5 Å². The molecule has 23 heavy (non-hydrogen) atoms. The molecule has 1 unspecified atom stereocenters. The maximum absolute atomic E-state index is 6.03. The highest BCUT2D eigenvalue weighted by Gasteiger charge is 2.24. The smallest absolute Gasteiger partial charge is 0.193 e. The second-order valence-electron chi connectivity index (χ2n) is 6.64. The van der Waals surface area contributed by atoms with Crippen molar-refractivity contribution in [3.63, 3.8) is 0 Å². The Kier molecular flexibility index (Phi) is 9.54. The van der Waals surface area contributed by atoms with Gasteiger partial charge in [0, 0.05) is 46.7 Å².